The molecule has 1 N–H and O–H groups in total. The van der Waals surface area contributed by atoms with Gasteiger partial charge in [0.2, 0.25) is 0 Å². The fraction of sp³-hybridized carbons (Fsp3) is 0.200. The maximum Gasteiger partial charge on any atom is 0.124 e. The molecule has 0 saturated heterocycles. The molecule has 2 rings (SSSR count). The highest BCUT2D eigenvalue weighted by molar-refractivity contribution is 7.98. The quantitative estimate of drug-likeness (QED) is 0.761. The Hall–Kier alpha value is -1.19. The van der Waals surface area contributed by atoms with Gasteiger partial charge in [0.15, 0.2) is 0 Å². The molecule has 4 heteroatoms. The van der Waals surface area contributed by atoms with Gasteiger partial charge in [0.1, 0.15) is 5.82 Å². The largest absolute Gasteiger partial charge is 0.377 e. The predicted molar refractivity (Wildman–Crippen MR) is 81.7 cm³/mol. The smallest absolute Gasteiger partial charge is 0.124 e. The molecule has 0 aliphatic heterocycles. The van der Waals surface area contributed by atoms with E-state index < -0.39 is 0 Å². The summed E-state index contributed by atoms with van der Waals surface area (Å²) < 4.78 is 13.0. The van der Waals surface area contributed by atoms with E-state index in [1.165, 1.54) is 17.0 Å². The Balaban J connectivity index is 2.13. The van der Waals surface area contributed by atoms with E-state index in [2.05, 4.69) is 35.8 Å². The van der Waals surface area contributed by atoms with Crippen LogP contribution in [0.5, 0.6) is 0 Å². The third kappa shape index (κ3) is 3.64. The lowest BCUT2D eigenvalue weighted by Gasteiger charge is -2.17. The number of anilines is 1. The predicted octanol–water partition coefficient (Wildman–Crippen LogP) is 5.37. The van der Waals surface area contributed by atoms with Crippen LogP contribution in [0, 0.1) is 5.82 Å². The highest BCUT2D eigenvalue weighted by Gasteiger charge is 2.08. The molecule has 0 heterocycles. The minimum absolute atomic E-state index is 0.110. The zero-order valence-electron chi connectivity index (χ0n) is 10.8. The molecule has 19 heavy (non-hydrogen) atoms. The van der Waals surface area contributed by atoms with E-state index in [-0.39, 0.29) is 11.9 Å². The molecule has 0 aromatic heterocycles. The molecule has 1 atom stereocenters. The van der Waals surface area contributed by atoms with E-state index in [1.54, 1.807) is 17.8 Å². The summed E-state index contributed by atoms with van der Waals surface area (Å²) in [6.07, 6.45) is 2.05. The number of hydrogen-bond acceptors (Lipinski definition) is 2. The summed E-state index contributed by atoms with van der Waals surface area (Å²) in [5.74, 6) is -0.326. The first-order valence-corrected chi connectivity index (χ1v) is 7.56. The lowest BCUT2D eigenvalue weighted by molar-refractivity contribution is 0.628. The van der Waals surface area contributed by atoms with Gasteiger partial charge in [0.05, 0.1) is 10.7 Å². The normalized spacial score (nSPS) is 12.2. The van der Waals surface area contributed by atoms with E-state index in [9.17, 15) is 4.39 Å². The second kappa shape index (κ2) is 6.31. The van der Waals surface area contributed by atoms with Crippen molar-refractivity contribution in [1.29, 1.82) is 0 Å². The minimum Gasteiger partial charge on any atom is -0.377 e. The Morgan fingerprint density at radius 2 is 1.84 bits per heavy atom. The molecule has 0 bridgehead atoms. The van der Waals surface area contributed by atoms with Crippen molar-refractivity contribution in [2.45, 2.75) is 17.9 Å². The van der Waals surface area contributed by atoms with Gasteiger partial charge < -0.3 is 5.32 Å². The van der Waals surface area contributed by atoms with Crippen LogP contribution in [0.3, 0.4) is 0 Å². The fourth-order valence-corrected chi connectivity index (χ4v) is 2.45. The van der Waals surface area contributed by atoms with Crippen LogP contribution in [0.4, 0.5) is 10.1 Å². The van der Waals surface area contributed by atoms with Crippen LogP contribution >= 0.6 is 23.4 Å². The molecule has 0 aliphatic rings. The summed E-state index contributed by atoms with van der Waals surface area (Å²) >= 11 is 7.72. The Morgan fingerprint density at radius 1 is 1.16 bits per heavy atom. The maximum atomic E-state index is 13.0. The number of benzene rings is 2. The van der Waals surface area contributed by atoms with E-state index in [0.717, 1.165) is 11.3 Å². The molecule has 1 nitrogen and oxygen atoms in total. The summed E-state index contributed by atoms with van der Waals surface area (Å²) in [5, 5.41) is 3.68. The molecular weight excluding hydrogens is 281 g/mol. The first kappa shape index (κ1) is 14.2. The molecule has 0 saturated carbocycles. The van der Waals surface area contributed by atoms with Crippen molar-refractivity contribution in [2.24, 2.45) is 0 Å². The molecule has 0 aliphatic carbocycles. The molecule has 2 aromatic carbocycles. The van der Waals surface area contributed by atoms with Gasteiger partial charge in [0, 0.05) is 10.9 Å². The van der Waals surface area contributed by atoms with Gasteiger partial charge >= 0.3 is 0 Å². The third-order valence-corrected chi connectivity index (χ3v) is 3.98. The minimum atomic E-state index is -0.326. The molecule has 2 aromatic rings. The van der Waals surface area contributed by atoms with Gasteiger partial charge in [-0.2, -0.15) is 0 Å². The van der Waals surface area contributed by atoms with E-state index >= 15 is 0 Å². The zero-order chi connectivity index (χ0) is 13.8. The number of nitrogens with one attached hydrogen (secondary N) is 1. The van der Waals surface area contributed by atoms with Gasteiger partial charge in [-0.05, 0) is 49.1 Å². The van der Waals surface area contributed by atoms with Gasteiger partial charge in [-0.3, -0.25) is 0 Å². The van der Waals surface area contributed by atoms with Crippen LogP contribution in [-0.4, -0.2) is 6.26 Å². The van der Waals surface area contributed by atoms with Crippen LogP contribution in [-0.2, 0) is 0 Å². The molecular formula is C15H15ClFNS. The molecule has 0 fully saturated rings. The van der Waals surface area contributed by atoms with Crippen LogP contribution in [0.25, 0.3) is 0 Å². The zero-order valence-corrected chi connectivity index (χ0v) is 12.4. The Bertz CT molecular complexity index is 557. The SMILES string of the molecule is CSc1ccc(C(C)Nc2ccc(F)cc2Cl)cc1. The average molecular weight is 296 g/mol. The average Bonchev–Trinajstić information content (AvgIpc) is 2.42. The first-order chi connectivity index (χ1) is 9.10. The maximum absolute atomic E-state index is 13.0. The highest BCUT2D eigenvalue weighted by Crippen LogP contribution is 2.27. The van der Waals surface area contributed by atoms with Gasteiger partial charge in [-0.15, -0.1) is 11.8 Å². The number of thioether (sulfide) groups is 1. The van der Waals surface area contributed by atoms with Crippen LogP contribution < -0.4 is 5.32 Å². The van der Waals surface area contributed by atoms with Crippen LogP contribution in [0.15, 0.2) is 47.4 Å². The summed E-state index contributed by atoms with van der Waals surface area (Å²) in [6.45, 7) is 2.05. The molecule has 0 radical (unpaired) electrons. The van der Waals surface area contributed by atoms with Crippen molar-refractivity contribution in [1.82, 2.24) is 0 Å². The van der Waals surface area contributed by atoms with E-state index in [1.807, 2.05) is 6.92 Å². The van der Waals surface area contributed by atoms with Gasteiger partial charge in [0.25, 0.3) is 0 Å². The fourth-order valence-electron chi connectivity index (χ4n) is 1.82. The second-order valence-corrected chi connectivity index (χ2v) is 5.55. The summed E-state index contributed by atoms with van der Waals surface area (Å²) in [7, 11) is 0. The number of hydrogen-bond donors (Lipinski definition) is 1. The molecule has 1 unspecified atom stereocenters. The van der Waals surface area contributed by atoms with Crippen molar-refractivity contribution in [2.75, 3.05) is 11.6 Å². The Morgan fingerprint density at radius 3 is 2.42 bits per heavy atom. The third-order valence-electron chi connectivity index (χ3n) is 2.92. The standard InChI is InChI=1S/C15H15ClFNS/c1-10(11-3-6-13(19-2)7-4-11)18-15-8-5-12(17)9-14(15)16/h3-10,18H,1-2H3. The van der Waals surface area contributed by atoms with Gasteiger partial charge in [-0.1, -0.05) is 23.7 Å². The van der Waals surface area contributed by atoms with Gasteiger partial charge in [-0.25, -0.2) is 4.39 Å². The number of rotatable bonds is 4. The van der Waals surface area contributed by atoms with Crippen molar-refractivity contribution in [3.63, 3.8) is 0 Å². The topological polar surface area (TPSA) is 12.0 Å². The Kier molecular flexibility index (Phi) is 4.72. The summed E-state index contributed by atoms with van der Waals surface area (Å²) in [4.78, 5) is 1.23. The van der Waals surface area contributed by atoms with Crippen molar-refractivity contribution < 1.29 is 4.39 Å². The van der Waals surface area contributed by atoms with Crippen molar-refractivity contribution in [3.05, 3.63) is 58.9 Å². The second-order valence-electron chi connectivity index (χ2n) is 4.26. The lowest BCUT2D eigenvalue weighted by Crippen LogP contribution is -2.06. The van der Waals surface area contributed by atoms with Crippen LogP contribution in [0.1, 0.15) is 18.5 Å². The molecule has 0 spiro atoms. The highest BCUT2D eigenvalue weighted by atomic mass is 35.5. The Labute approximate surface area is 122 Å². The first-order valence-electron chi connectivity index (χ1n) is 5.95. The summed E-state index contributed by atoms with van der Waals surface area (Å²) in [5.41, 5.74) is 1.91. The lowest BCUT2D eigenvalue weighted by atomic mass is 10.1. The van der Waals surface area contributed by atoms with E-state index in [0.29, 0.717) is 5.02 Å². The van der Waals surface area contributed by atoms with Crippen molar-refractivity contribution in [3.8, 4) is 0 Å². The monoisotopic (exact) mass is 295 g/mol. The van der Waals surface area contributed by atoms with Crippen LogP contribution in [0.2, 0.25) is 5.02 Å². The van der Waals surface area contributed by atoms with E-state index in [4.69, 9.17) is 11.6 Å². The molecule has 100 valence electrons. The van der Waals surface area contributed by atoms with Crippen molar-refractivity contribution >= 4 is 29.1 Å². The molecule has 0 amide bonds. The summed E-state index contributed by atoms with van der Waals surface area (Å²) in [6, 6.07) is 12.8. The number of halogens is 2.